The summed E-state index contributed by atoms with van der Waals surface area (Å²) in [7, 11) is 0.764. The van der Waals surface area contributed by atoms with Crippen LogP contribution in [0.5, 0.6) is 5.75 Å². The Hall–Kier alpha value is -1.43. The minimum absolute atomic E-state index is 0.0446. The third-order valence-electron chi connectivity index (χ3n) is 3.89. The molecule has 6 heteroatoms. The summed E-state index contributed by atoms with van der Waals surface area (Å²) in [5, 5.41) is 0. The number of nitrogens with zero attached hydrogens (tertiary/aromatic N) is 2. The van der Waals surface area contributed by atoms with Crippen molar-refractivity contribution in [3.8, 4) is 5.75 Å². The molecule has 0 aliphatic rings. The zero-order chi connectivity index (χ0) is 18.3. The summed E-state index contributed by atoms with van der Waals surface area (Å²) in [5.74, 6) is 0.279. The highest BCUT2D eigenvalue weighted by Gasteiger charge is 2.20. The van der Waals surface area contributed by atoms with E-state index in [0.29, 0.717) is 17.9 Å². The maximum Gasteiger partial charge on any atom is 0.267 e. The first-order valence-corrected chi connectivity index (χ1v) is 12.1. The van der Waals surface area contributed by atoms with Crippen LogP contribution in [0.2, 0.25) is 25.7 Å². The van der Waals surface area contributed by atoms with Gasteiger partial charge in [-0.05, 0) is 38.0 Å². The van der Waals surface area contributed by atoms with E-state index in [9.17, 15) is 8.78 Å². The van der Waals surface area contributed by atoms with Crippen molar-refractivity contribution in [3.05, 3.63) is 23.3 Å². The molecule has 0 heterocycles. The minimum Gasteiger partial charge on any atom is -0.493 e. The molecule has 1 rings (SSSR count). The van der Waals surface area contributed by atoms with E-state index in [0.717, 1.165) is 19.0 Å². The fraction of sp³-hybridized carbons (Fsp3) is 0.611. The van der Waals surface area contributed by atoms with Crippen LogP contribution in [0.25, 0.3) is 0 Å². The van der Waals surface area contributed by atoms with Crippen molar-refractivity contribution in [1.29, 1.82) is 0 Å². The Kier molecular flexibility index (Phi) is 7.86. The minimum atomic E-state index is -2.57. The predicted octanol–water partition coefficient (Wildman–Crippen LogP) is 5.65. The lowest BCUT2D eigenvalue weighted by Crippen LogP contribution is -2.20. The van der Waals surface area contributed by atoms with Gasteiger partial charge in [-0.2, -0.15) is 0 Å². The van der Waals surface area contributed by atoms with Gasteiger partial charge in [0.25, 0.3) is 6.43 Å². The van der Waals surface area contributed by atoms with Crippen molar-refractivity contribution < 1.29 is 13.5 Å². The van der Waals surface area contributed by atoms with E-state index in [1.54, 1.807) is 25.4 Å². The third kappa shape index (κ3) is 6.59. The van der Waals surface area contributed by atoms with Gasteiger partial charge in [-0.15, -0.1) is 0 Å². The summed E-state index contributed by atoms with van der Waals surface area (Å²) in [6, 6.07) is 4.48. The van der Waals surface area contributed by atoms with Crippen LogP contribution in [-0.2, 0) is 0 Å². The highest BCUT2D eigenvalue weighted by molar-refractivity contribution is 6.76. The van der Waals surface area contributed by atoms with Crippen molar-refractivity contribution in [1.82, 2.24) is 4.90 Å². The quantitative estimate of drug-likeness (QED) is 0.247. The van der Waals surface area contributed by atoms with Crippen LogP contribution >= 0.6 is 0 Å². The largest absolute Gasteiger partial charge is 0.493 e. The van der Waals surface area contributed by atoms with Crippen LogP contribution in [0.4, 0.5) is 14.5 Å². The Labute approximate surface area is 145 Å². The summed E-state index contributed by atoms with van der Waals surface area (Å²) in [5.41, 5.74) is 0.991. The molecule has 0 aliphatic heterocycles. The molecule has 1 aromatic carbocycles. The van der Waals surface area contributed by atoms with E-state index in [2.05, 4.69) is 24.6 Å². The standard InChI is InChI=1S/C18H30F2N2OSi/c1-7-22(3)13-21-15-9-10-16(17(14(15)2)18(19)20)23-11-8-12-24(4,5)6/h9-10,13,18H,7-8,11-12H2,1-6H3. The molecule has 0 bridgehead atoms. The van der Waals surface area contributed by atoms with Gasteiger partial charge in [0.2, 0.25) is 0 Å². The molecule has 0 saturated heterocycles. The monoisotopic (exact) mass is 356 g/mol. The molecule has 0 radical (unpaired) electrons. The lowest BCUT2D eigenvalue weighted by Gasteiger charge is -2.18. The molecule has 136 valence electrons. The molecular weight excluding hydrogens is 326 g/mol. The number of aliphatic imine (C=N–C) groups is 1. The second-order valence-corrected chi connectivity index (χ2v) is 12.9. The normalized spacial score (nSPS) is 12.2. The van der Waals surface area contributed by atoms with Gasteiger partial charge in [-0.3, -0.25) is 0 Å². The SMILES string of the molecule is CCN(C)C=Nc1ccc(OCCC[Si](C)(C)C)c(C(F)F)c1C. The molecule has 1 aromatic rings. The highest BCUT2D eigenvalue weighted by atomic mass is 28.3. The number of rotatable bonds is 9. The van der Waals surface area contributed by atoms with Gasteiger partial charge in [-0.25, -0.2) is 13.8 Å². The van der Waals surface area contributed by atoms with Gasteiger partial charge >= 0.3 is 0 Å². The van der Waals surface area contributed by atoms with E-state index in [4.69, 9.17) is 4.74 Å². The lowest BCUT2D eigenvalue weighted by atomic mass is 10.1. The Morgan fingerprint density at radius 3 is 2.50 bits per heavy atom. The second kappa shape index (κ2) is 9.16. The molecule has 0 aliphatic carbocycles. The van der Waals surface area contributed by atoms with E-state index in [1.165, 1.54) is 0 Å². The fourth-order valence-electron chi connectivity index (χ4n) is 2.26. The first-order chi connectivity index (χ1) is 11.2. The molecule has 0 aromatic heterocycles. The van der Waals surface area contributed by atoms with Crippen molar-refractivity contribution in [2.75, 3.05) is 20.2 Å². The first-order valence-electron chi connectivity index (χ1n) is 8.44. The molecule has 3 nitrogen and oxygen atoms in total. The number of hydrogen-bond donors (Lipinski definition) is 0. The van der Waals surface area contributed by atoms with Gasteiger partial charge in [0.15, 0.2) is 0 Å². The Morgan fingerprint density at radius 2 is 1.96 bits per heavy atom. The summed E-state index contributed by atoms with van der Waals surface area (Å²) in [6.07, 6.45) is -0.0129. The second-order valence-electron chi connectivity index (χ2n) is 7.25. The fourth-order valence-corrected chi connectivity index (χ4v) is 3.46. The highest BCUT2D eigenvalue weighted by Crippen LogP contribution is 2.37. The average Bonchev–Trinajstić information content (AvgIpc) is 2.48. The summed E-state index contributed by atoms with van der Waals surface area (Å²) in [6.45, 7) is 11.8. The smallest absolute Gasteiger partial charge is 0.267 e. The van der Waals surface area contributed by atoms with E-state index >= 15 is 0 Å². The zero-order valence-corrected chi connectivity index (χ0v) is 16.7. The van der Waals surface area contributed by atoms with Gasteiger partial charge in [0, 0.05) is 21.7 Å². The molecule has 0 atom stereocenters. The van der Waals surface area contributed by atoms with Crippen LogP contribution < -0.4 is 4.74 Å². The summed E-state index contributed by atoms with van der Waals surface area (Å²) < 4.78 is 32.6. The molecule has 0 fully saturated rings. The molecule has 0 N–H and O–H groups in total. The van der Waals surface area contributed by atoms with Crippen LogP contribution in [0.15, 0.2) is 17.1 Å². The number of hydrogen-bond acceptors (Lipinski definition) is 2. The van der Waals surface area contributed by atoms with Crippen molar-refractivity contribution in [3.63, 3.8) is 0 Å². The van der Waals surface area contributed by atoms with Crippen LogP contribution in [0.3, 0.4) is 0 Å². The molecule has 0 spiro atoms. The van der Waals surface area contributed by atoms with Crippen LogP contribution in [0.1, 0.15) is 30.9 Å². The molecule has 0 saturated carbocycles. The first kappa shape index (κ1) is 20.6. The molecule has 0 amide bonds. The van der Waals surface area contributed by atoms with Crippen molar-refractivity contribution >= 4 is 20.1 Å². The predicted molar refractivity (Wildman–Crippen MR) is 101 cm³/mol. The lowest BCUT2D eigenvalue weighted by molar-refractivity contribution is 0.144. The van der Waals surface area contributed by atoms with Gasteiger partial charge < -0.3 is 9.64 Å². The zero-order valence-electron chi connectivity index (χ0n) is 15.7. The topological polar surface area (TPSA) is 24.8 Å². The molecular formula is C18H30F2N2OSi. The van der Waals surface area contributed by atoms with Crippen LogP contribution in [0, 0.1) is 6.92 Å². The third-order valence-corrected chi connectivity index (χ3v) is 5.74. The Bertz CT molecular complexity index is 557. The number of alkyl halides is 2. The van der Waals surface area contributed by atoms with E-state index in [-0.39, 0.29) is 11.3 Å². The summed E-state index contributed by atoms with van der Waals surface area (Å²) >= 11 is 0. The number of halogens is 2. The van der Waals surface area contributed by atoms with E-state index in [1.807, 2.05) is 18.9 Å². The molecule has 24 heavy (non-hydrogen) atoms. The molecule has 0 unspecified atom stereocenters. The maximum absolute atomic E-state index is 13.5. The number of benzene rings is 1. The Balaban J connectivity index is 2.90. The van der Waals surface area contributed by atoms with Gasteiger partial charge in [0.05, 0.1) is 24.2 Å². The van der Waals surface area contributed by atoms with Gasteiger partial charge in [0.1, 0.15) is 5.75 Å². The average molecular weight is 357 g/mol. The van der Waals surface area contributed by atoms with Crippen molar-refractivity contribution in [2.45, 2.75) is 52.4 Å². The maximum atomic E-state index is 13.5. The Morgan fingerprint density at radius 1 is 1.29 bits per heavy atom. The van der Waals surface area contributed by atoms with E-state index < -0.39 is 14.5 Å². The number of ether oxygens (including phenoxy) is 1. The van der Waals surface area contributed by atoms with Crippen LogP contribution in [-0.4, -0.2) is 39.5 Å². The van der Waals surface area contributed by atoms with Gasteiger partial charge in [-0.1, -0.05) is 25.7 Å². The van der Waals surface area contributed by atoms with Crippen molar-refractivity contribution in [2.24, 2.45) is 4.99 Å². The summed E-state index contributed by atoms with van der Waals surface area (Å²) in [4.78, 5) is 6.20.